The Labute approximate surface area is 219 Å². The van der Waals surface area contributed by atoms with Crippen molar-refractivity contribution < 1.29 is 14.3 Å². The number of nitrogens with zero attached hydrogens (tertiary/aromatic N) is 1. The Balaban J connectivity index is 1.91. The zero-order valence-corrected chi connectivity index (χ0v) is 22.2. The predicted molar refractivity (Wildman–Crippen MR) is 145 cm³/mol. The molecule has 1 N–H and O–H groups in total. The van der Waals surface area contributed by atoms with Crippen LogP contribution in [0.5, 0.6) is 5.75 Å². The lowest BCUT2D eigenvalue weighted by Gasteiger charge is -2.32. The fraction of sp³-hybridized carbons (Fsp3) is 0.333. The van der Waals surface area contributed by atoms with E-state index in [1.54, 1.807) is 17.0 Å². The van der Waals surface area contributed by atoms with Crippen LogP contribution >= 0.6 is 11.6 Å². The number of aryl methyl sites for hydroxylation is 2. The molecule has 0 radical (unpaired) electrons. The highest BCUT2D eigenvalue weighted by atomic mass is 35.5. The van der Waals surface area contributed by atoms with Crippen molar-refractivity contribution in [3.05, 3.63) is 100 Å². The van der Waals surface area contributed by atoms with E-state index in [0.717, 1.165) is 28.7 Å². The molecule has 6 heteroatoms. The van der Waals surface area contributed by atoms with Gasteiger partial charge in [-0.15, -0.1) is 0 Å². The van der Waals surface area contributed by atoms with Crippen molar-refractivity contribution in [2.45, 2.75) is 59.2 Å². The number of nitrogens with one attached hydrogen (secondary N) is 1. The second-order valence-electron chi connectivity index (χ2n) is 9.28. The van der Waals surface area contributed by atoms with Crippen LogP contribution in [-0.4, -0.2) is 35.4 Å². The minimum absolute atomic E-state index is 0.00484. The predicted octanol–water partition coefficient (Wildman–Crippen LogP) is 5.89. The summed E-state index contributed by atoms with van der Waals surface area (Å²) in [5.41, 5.74) is 3.98. The van der Waals surface area contributed by atoms with Gasteiger partial charge >= 0.3 is 0 Å². The largest absolute Gasteiger partial charge is 0.484 e. The van der Waals surface area contributed by atoms with Gasteiger partial charge in [0.1, 0.15) is 11.8 Å². The fourth-order valence-electron chi connectivity index (χ4n) is 4.03. The number of halogens is 1. The van der Waals surface area contributed by atoms with Gasteiger partial charge in [0.2, 0.25) is 5.91 Å². The van der Waals surface area contributed by atoms with Crippen LogP contribution in [0.4, 0.5) is 0 Å². The number of benzene rings is 3. The maximum Gasteiger partial charge on any atom is 0.261 e. The molecule has 0 heterocycles. The maximum atomic E-state index is 13.6. The summed E-state index contributed by atoms with van der Waals surface area (Å²) in [5.74, 6) is 0.196. The third-order valence-electron chi connectivity index (χ3n) is 6.10. The van der Waals surface area contributed by atoms with Crippen molar-refractivity contribution in [3.8, 4) is 5.75 Å². The minimum Gasteiger partial charge on any atom is -0.484 e. The number of ether oxygens (including phenoxy) is 1. The molecule has 0 unspecified atom stereocenters. The molecule has 0 aromatic heterocycles. The molecule has 0 saturated carbocycles. The summed E-state index contributed by atoms with van der Waals surface area (Å²) >= 11 is 6.08. The average Bonchev–Trinajstić information content (AvgIpc) is 2.85. The van der Waals surface area contributed by atoms with Crippen LogP contribution in [0.2, 0.25) is 5.02 Å². The summed E-state index contributed by atoms with van der Waals surface area (Å²) in [6, 6.07) is 22.2. The average molecular weight is 507 g/mol. The molecule has 0 saturated heterocycles. The van der Waals surface area contributed by atoms with E-state index in [-0.39, 0.29) is 31.0 Å². The van der Waals surface area contributed by atoms with Gasteiger partial charge in [0, 0.05) is 24.0 Å². The van der Waals surface area contributed by atoms with E-state index in [0.29, 0.717) is 17.2 Å². The maximum absolute atomic E-state index is 13.6. The van der Waals surface area contributed by atoms with Gasteiger partial charge in [-0.25, -0.2) is 0 Å². The molecule has 0 fully saturated rings. The highest BCUT2D eigenvalue weighted by molar-refractivity contribution is 6.30. The standard InChI is InChI=1S/C30H35ClN2O3/c1-5-23(4)32-30(35)28(18-24-9-7-6-8-10-24)33(19-25-11-13-26(31)14-12-25)29(34)20-36-27-16-21(2)15-22(3)17-27/h6-17,23,28H,5,18-20H2,1-4H3,(H,32,35)/t23-,28-/m1/s1. The summed E-state index contributed by atoms with van der Waals surface area (Å²) in [6.45, 7) is 8.06. The monoisotopic (exact) mass is 506 g/mol. The lowest BCUT2D eigenvalue weighted by atomic mass is 10.0. The SMILES string of the molecule is CC[C@@H](C)NC(=O)[C@@H](Cc1ccccc1)N(Cc1ccc(Cl)cc1)C(=O)COc1cc(C)cc(C)c1. The number of hydrogen-bond donors (Lipinski definition) is 1. The smallest absolute Gasteiger partial charge is 0.261 e. The molecule has 0 bridgehead atoms. The van der Waals surface area contributed by atoms with E-state index in [1.165, 1.54) is 0 Å². The molecule has 5 nitrogen and oxygen atoms in total. The molecular weight excluding hydrogens is 472 g/mol. The quantitative estimate of drug-likeness (QED) is 0.352. The molecule has 0 spiro atoms. The van der Waals surface area contributed by atoms with Gasteiger partial charge in [-0.2, -0.15) is 0 Å². The Morgan fingerprint density at radius 1 is 0.944 bits per heavy atom. The molecular formula is C30H35ClN2O3. The number of rotatable bonds is 11. The van der Waals surface area contributed by atoms with E-state index >= 15 is 0 Å². The zero-order valence-electron chi connectivity index (χ0n) is 21.5. The molecule has 3 rings (SSSR count). The summed E-state index contributed by atoms with van der Waals surface area (Å²) in [6.07, 6.45) is 1.19. The van der Waals surface area contributed by atoms with E-state index in [9.17, 15) is 9.59 Å². The topological polar surface area (TPSA) is 58.6 Å². The van der Waals surface area contributed by atoms with Crippen molar-refractivity contribution in [3.63, 3.8) is 0 Å². The van der Waals surface area contributed by atoms with Crippen LogP contribution in [0.25, 0.3) is 0 Å². The molecule has 0 aliphatic heterocycles. The molecule has 36 heavy (non-hydrogen) atoms. The minimum atomic E-state index is -0.701. The van der Waals surface area contributed by atoms with Gasteiger partial charge in [0.15, 0.2) is 6.61 Å². The molecule has 3 aromatic carbocycles. The van der Waals surface area contributed by atoms with Gasteiger partial charge in [0.05, 0.1) is 0 Å². The number of hydrogen-bond acceptors (Lipinski definition) is 3. The Kier molecular flexibility index (Phi) is 9.95. The van der Waals surface area contributed by atoms with Crippen LogP contribution in [0, 0.1) is 13.8 Å². The Bertz CT molecular complexity index is 1130. The third-order valence-corrected chi connectivity index (χ3v) is 6.35. The van der Waals surface area contributed by atoms with Crippen molar-refractivity contribution in [2.75, 3.05) is 6.61 Å². The lowest BCUT2D eigenvalue weighted by molar-refractivity contribution is -0.143. The van der Waals surface area contributed by atoms with Crippen LogP contribution in [-0.2, 0) is 22.6 Å². The Morgan fingerprint density at radius 3 is 2.19 bits per heavy atom. The third kappa shape index (κ3) is 8.13. The van der Waals surface area contributed by atoms with Crippen LogP contribution in [0.1, 0.15) is 42.5 Å². The highest BCUT2D eigenvalue weighted by Gasteiger charge is 2.31. The zero-order chi connectivity index (χ0) is 26.1. The van der Waals surface area contributed by atoms with Gasteiger partial charge in [0.25, 0.3) is 5.91 Å². The van der Waals surface area contributed by atoms with Crippen LogP contribution in [0.3, 0.4) is 0 Å². The first-order valence-corrected chi connectivity index (χ1v) is 12.7. The van der Waals surface area contributed by atoms with Gasteiger partial charge in [-0.1, -0.05) is 67.1 Å². The second-order valence-corrected chi connectivity index (χ2v) is 9.72. The van der Waals surface area contributed by atoms with Crippen molar-refractivity contribution in [1.82, 2.24) is 10.2 Å². The highest BCUT2D eigenvalue weighted by Crippen LogP contribution is 2.19. The van der Waals surface area contributed by atoms with Crippen molar-refractivity contribution in [2.24, 2.45) is 0 Å². The fourth-order valence-corrected chi connectivity index (χ4v) is 4.15. The van der Waals surface area contributed by atoms with Gasteiger partial charge < -0.3 is 15.0 Å². The van der Waals surface area contributed by atoms with E-state index in [1.807, 2.05) is 82.3 Å². The molecule has 2 amide bonds. The van der Waals surface area contributed by atoms with Crippen molar-refractivity contribution >= 4 is 23.4 Å². The summed E-state index contributed by atoms with van der Waals surface area (Å²) in [5, 5.41) is 3.69. The van der Waals surface area contributed by atoms with Crippen molar-refractivity contribution in [1.29, 1.82) is 0 Å². The molecule has 2 atom stereocenters. The first-order chi connectivity index (χ1) is 17.2. The summed E-state index contributed by atoms with van der Waals surface area (Å²) < 4.78 is 5.91. The Morgan fingerprint density at radius 2 is 1.58 bits per heavy atom. The van der Waals surface area contributed by atoms with Gasteiger partial charge in [-0.05, 0) is 73.7 Å². The summed E-state index contributed by atoms with van der Waals surface area (Å²) in [4.78, 5) is 28.8. The molecule has 0 aliphatic carbocycles. The first kappa shape index (κ1) is 27.3. The normalized spacial score (nSPS) is 12.5. The molecule has 3 aromatic rings. The number of amides is 2. The summed E-state index contributed by atoms with van der Waals surface area (Å²) in [7, 11) is 0. The second kappa shape index (κ2) is 13.1. The number of carbonyl (C=O) groups is 2. The molecule has 190 valence electrons. The Hall–Kier alpha value is -3.31. The van der Waals surface area contributed by atoms with Gasteiger partial charge in [-0.3, -0.25) is 9.59 Å². The van der Waals surface area contributed by atoms with Crippen LogP contribution in [0.15, 0.2) is 72.8 Å². The molecule has 0 aliphatic rings. The van der Waals surface area contributed by atoms with E-state index in [2.05, 4.69) is 11.4 Å². The van der Waals surface area contributed by atoms with E-state index in [4.69, 9.17) is 16.3 Å². The van der Waals surface area contributed by atoms with E-state index < -0.39 is 6.04 Å². The first-order valence-electron chi connectivity index (χ1n) is 12.3. The van der Waals surface area contributed by atoms with Crippen LogP contribution < -0.4 is 10.1 Å². The number of carbonyl (C=O) groups excluding carboxylic acids is 2. The lowest BCUT2D eigenvalue weighted by Crippen LogP contribution is -2.53.